The normalized spacial score (nSPS) is 12.3. The number of benzene rings is 1. The largest absolute Gasteiger partial charge is 0.352 e. The van der Waals surface area contributed by atoms with Crippen molar-refractivity contribution in [1.82, 2.24) is 10.3 Å². The van der Waals surface area contributed by atoms with E-state index in [-0.39, 0.29) is 5.91 Å². The number of amides is 1. The summed E-state index contributed by atoms with van der Waals surface area (Å²) in [7, 11) is 0. The predicted octanol–water partition coefficient (Wildman–Crippen LogP) is 3.01. The van der Waals surface area contributed by atoms with Gasteiger partial charge in [-0.05, 0) is 24.1 Å². The molecule has 1 aromatic carbocycles. The minimum Gasteiger partial charge on any atom is -0.352 e. The first kappa shape index (κ1) is 12.6. The van der Waals surface area contributed by atoms with E-state index in [1.165, 1.54) is 0 Å². The van der Waals surface area contributed by atoms with Crippen LogP contribution in [0.5, 0.6) is 0 Å². The van der Waals surface area contributed by atoms with Crippen molar-refractivity contribution >= 4 is 16.8 Å². The van der Waals surface area contributed by atoms with Crippen molar-refractivity contribution in [2.45, 2.75) is 20.3 Å². The lowest BCUT2D eigenvalue weighted by Gasteiger charge is -2.10. The molecule has 94 valence electrons. The van der Waals surface area contributed by atoms with E-state index in [0.717, 1.165) is 23.9 Å². The Labute approximate surface area is 107 Å². The highest BCUT2D eigenvalue weighted by atomic mass is 16.1. The maximum Gasteiger partial charge on any atom is 0.251 e. The Morgan fingerprint density at radius 1 is 1.39 bits per heavy atom. The highest BCUT2D eigenvalue weighted by Crippen LogP contribution is 2.13. The first-order valence-electron chi connectivity index (χ1n) is 6.33. The van der Waals surface area contributed by atoms with E-state index >= 15 is 0 Å². The minimum atomic E-state index is -0.0251. The molecule has 1 N–H and O–H groups in total. The predicted molar refractivity (Wildman–Crippen MR) is 73.5 cm³/mol. The Bertz CT molecular complexity index is 551. The smallest absolute Gasteiger partial charge is 0.251 e. The maximum atomic E-state index is 12.0. The lowest BCUT2D eigenvalue weighted by atomic mass is 10.1. The molecule has 1 unspecified atom stereocenters. The summed E-state index contributed by atoms with van der Waals surface area (Å²) in [6.45, 7) is 4.97. The van der Waals surface area contributed by atoms with Gasteiger partial charge in [-0.3, -0.25) is 9.78 Å². The monoisotopic (exact) mass is 242 g/mol. The van der Waals surface area contributed by atoms with E-state index in [4.69, 9.17) is 0 Å². The van der Waals surface area contributed by atoms with Gasteiger partial charge in [0.15, 0.2) is 0 Å². The average molecular weight is 242 g/mol. The lowest BCUT2D eigenvalue weighted by Crippen LogP contribution is -2.27. The third-order valence-corrected chi connectivity index (χ3v) is 3.18. The topological polar surface area (TPSA) is 42.0 Å². The zero-order valence-electron chi connectivity index (χ0n) is 10.8. The van der Waals surface area contributed by atoms with Crippen LogP contribution in [0.3, 0.4) is 0 Å². The van der Waals surface area contributed by atoms with E-state index in [9.17, 15) is 4.79 Å². The summed E-state index contributed by atoms with van der Waals surface area (Å²) < 4.78 is 0. The molecule has 2 aromatic rings. The second kappa shape index (κ2) is 5.63. The van der Waals surface area contributed by atoms with Crippen LogP contribution in [-0.4, -0.2) is 17.4 Å². The van der Waals surface area contributed by atoms with Gasteiger partial charge in [0.25, 0.3) is 5.91 Å². The summed E-state index contributed by atoms with van der Waals surface area (Å²) in [6, 6.07) is 9.49. The third kappa shape index (κ3) is 2.86. The summed E-state index contributed by atoms with van der Waals surface area (Å²) in [5, 5.41) is 4.00. The highest BCUT2D eigenvalue weighted by Gasteiger charge is 2.07. The molecule has 0 spiro atoms. The van der Waals surface area contributed by atoms with Crippen LogP contribution in [0, 0.1) is 5.92 Å². The Morgan fingerprint density at radius 3 is 3.00 bits per heavy atom. The van der Waals surface area contributed by atoms with Crippen LogP contribution in [0.1, 0.15) is 30.6 Å². The molecule has 0 saturated carbocycles. The van der Waals surface area contributed by atoms with E-state index in [1.807, 2.05) is 30.3 Å². The van der Waals surface area contributed by atoms with Crippen LogP contribution >= 0.6 is 0 Å². The molecular weight excluding hydrogens is 224 g/mol. The summed E-state index contributed by atoms with van der Waals surface area (Å²) in [6.07, 6.45) is 2.81. The number of carbonyl (C=O) groups excluding carboxylic acids is 1. The van der Waals surface area contributed by atoms with Gasteiger partial charge in [-0.2, -0.15) is 0 Å². The number of fused-ring (bicyclic) bond motifs is 1. The zero-order chi connectivity index (χ0) is 13.0. The SMILES string of the molecule is CCC(C)CNC(=O)c1ccc2cccnc2c1. The quantitative estimate of drug-likeness (QED) is 0.895. The number of aromatic nitrogens is 1. The fourth-order valence-electron chi connectivity index (χ4n) is 1.72. The molecule has 0 aliphatic rings. The third-order valence-electron chi connectivity index (χ3n) is 3.18. The number of nitrogens with one attached hydrogen (secondary N) is 1. The Kier molecular flexibility index (Phi) is 3.92. The number of nitrogens with zero attached hydrogens (tertiary/aromatic N) is 1. The van der Waals surface area contributed by atoms with Gasteiger partial charge in [-0.15, -0.1) is 0 Å². The number of hydrogen-bond donors (Lipinski definition) is 1. The second-order valence-electron chi connectivity index (χ2n) is 4.63. The van der Waals surface area contributed by atoms with E-state index in [1.54, 1.807) is 6.20 Å². The van der Waals surface area contributed by atoms with E-state index in [0.29, 0.717) is 11.5 Å². The molecule has 1 atom stereocenters. The summed E-state index contributed by atoms with van der Waals surface area (Å²) in [5.41, 5.74) is 1.53. The van der Waals surface area contributed by atoms with Gasteiger partial charge in [-0.25, -0.2) is 0 Å². The van der Waals surface area contributed by atoms with Gasteiger partial charge in [0, 0.05) is 23.7 Å². The number of rotatable bonds is 4. The summed E-state index contributed by atoms with van der Waals surface area (Å²) in [4.78, 5) is 16.2. The Morgan fingerprint density at radius 2 is 2.22 bits per heavy atom. The molecule has 0 fully saturated rings. The van der Waals surface area contributed by atoms with Crippen LogP contribution in [0.2, 0.25) is 0 Å². The van der Waals surface area contributed by atoms with Crippen LogP contribution in [-0.2, 0) is 0 Å². The Hall–Kier alpha value is -1.90. The molecular formula is C15H18N2O. The molecule has 0 aliphatic carbocycles. The van der Waals surface area contributed by atoms with Crippen molar-refractivity contribution in [3.8, 4) is 0 Å². The maximum absolute atomic E-state index is 12.0. The molecule has 0 saturated heterocycles. The zero-order valence-corrected chi connectivity index (χ0v) is 10.8. The fraction of sp³-hybridized carbons (Fsp3) is 0.333. The van der Waals surface area contributed by atoms with E-state index in [2.05, 4.69) is 24.1 Å². The first-order valence-corrected chi connectivity index (χ1v) is 6.33. The molecule has 18 heavy (non-hydrogen) atoms. The van der Waals surface area contributed by atoms with Crippen molar-refractivity contribution in [2.24, 2.45) is 5.92 Å². The highest BCUT2D eigenvalue weighted by molar-refractivity contribution is 5.97. The first-order chi connectivity index (χ1) is 8.70. The number of hydrogen-bond acceptors (Lipinski definition) is 2. The van der Waals surface area contributed by atoms with Crippen LogP contribution in [0.15, 0.2) is 36.5 Å². The minimum absolute atomic E-state index is 0.0251. The standard InChI is InChI=1S/C15H18N2O/c1-3-11(2)10-17-15(18)13-7-6-12-5-4-8-16-14(12)9-13/h4-9,11H,3,10H2,1-2H3,(H,17,18). The molecule has 0 radical (unpaired) electrons. The van der Waals surface area contributed by atoms with Gasteiger partial charge in [0.05, 0.1) is 5.52 Å². The molecule has 1 amide bonds. The molecule has 1 heterocycles. The second-order valence-corrected chi connectivity index (χ2v) is 4.63. The van der Waals surface area contributed by atoms with Gasteiger partial charge in [0.2, 0.25) is 0 Å². The molecule has 0 bridgehead atoms. The van der Waals surface area contributed by atoms with Crippen molar-refractivity contribution in [1.29, 1.82) is 0 Å². The molecule has 3 nitrogen and oxygen atoms in total. The van der Waals surface area contributed by atoms with Crippen molar-refractivity contribution in [3.05, 3.63) is 42.1 Å². The lowest BCUT2D eigenvalue weighted by molar-refractivity contribution is 0.0948. The molecule has 1 aromatic heterocycles. The average Bonchev–Trinajstić information content (AvgIpc) is 2.43. The van der Waals surface area contributed by atoms with Gasteiger partial charge in [-0.1, -0.05) is 32.4 Å². The fourth-order valence-corrected chi connectivity index (χ4v) is 1.72. The van der Waals surface area contributed by atoms with Crippen LogP contribution < -0.4 is 5.32 Å². The van der Waals surface area contributed by atoms with Gasteiger partial charge >= 0.3 is 0 Å². The van der Waals surface area contributed by atoms with E-state index < -0.39 is 0 Å². The van der Waals surface area contributed by atoms with Gasteiger partial charge < -0.3 is 5.32 Å². The van der Waals surface area contributed by atoms with Crippen molar-refractivity contribution in [2.75, 3.05) is 6.54 Å². The van der Waals surface area contributed by atoms with Crippen molar-refractivity contribution < 1.29 is 4.79 Å². The molecule has 2 rings (SSSR count). The summed E-state index contributed by atoms with van der Waals surface area (Å²) in [5.74, 6) is 0.482. The Balaban J connectivity index is 2.13. The van der Waals surface area contributed by atoms with Crippen molar-refractivity contribution in [3.63, 3.8) is 0 Å². The number of carbonyl (C=O) groups is 1. The number of pyridine rings is 1. The summed E-state index contributed by atoms with van der Waals surface area (Å²) >= 11 is 0. The van der Waals surface area contributed by atoms with Gasteiger partial charge in [0.1, 0.15) is 0 Å². The molecule has 3 heteroatoms. The van der Waals surface area contributed by atoms with Crippen LogP contribution in [0.4, 0.5) is 0 Å². The van der Waals surface area contributed by atoms with Crippen LogP contribution in [0.25, 0.3) is 10.9 Å². The molecule has 0 aliphatic heterocycles.